The third kappa shape index (κ3) is 2.17. The summed E-state index contributed by atoms with van der Waals surface area (Å²) in [5.41, 5.74) is 0.698. The van der Waals surface area contributed by atoms with Crippen molar-refractivity contribution in [2.75, 3.05) is 11.9 Å². The van der Waals surface area contributed by atoms with E-state index in [0.29, 0.717) is 11.1 Å². The molecular formula is C13H15FN2O2. The third-order valence-corrected chi connectivity index (χ3v) is 4.07. The summed E-state index contributed by atoms with van der Waals surface area (Å²) in [6.45, 7) is 0.804. The van der Waals surface area contributed by atoms with E-state index < -0.39 is 10.7 Å². The van der Waals surface area contributed by atoms with Gasteiger partial charge in [0.25, 0.3) is 5.69 Å². The highest BCUT2D eigenvalue weighted by atomic mass is 19.1. The topological polar surface area (TPSA) is 55.2 Å². The summed E-state index contributed by atoms with van der Waals surface area (Å²) in [5.74, 6) is 0.247. The Bertz CT molecular complexity index is 496. The molecule has 2 aliphatic rings. The van der Waals surface area contributed by atoms with Crippen LogP contribution in [-0.2, 0) is 0 Å². The quantitative estimate of drug-likeness (QED) is 0.644. The number of rotatable bonds is 5. The van der Waals surface area contributed by atoms with E-state index in [1.54, 1.807) is 0 Å². The van der Waals surface area contributed by atoms with E-state index in [-0.39, 0.29) is 5.69 Å². The molecule has 0 amide bonds. The lowest BCUT2D eigenvalue weighted by Crippen LogP contribution is -2.17. The molecule has 3 rings (SSSR count). The van der Waals surface area contributed by atoms with Gasteiger partial charge in [0.15, 0.2) is 0 Å². The monoisotopic (exact) mass is 250 g/mol. The SMILES string of the molecule is O=[N+]([O-])c1cc(F)cc(NCC2(C3CC3)CC2)c1. The molecule has 4 nitrogen and oxygen atoms in total. The Morgan fingerprint density at radius 3 is 2.67 bits per heavy atom. The summed E-state index contributed by atoms with van der Waals surface area (Å²) in [5, 5.41) is 13.8. The average Bonchev–Trinajstić information content (AvgIpc) is 3.17. The Hall–Kier alpha value is -1.65. The van der Waals surface area contributed by atoms with E-state index >= 15 is 0 Å². The van der Waals surface area contributed by atoms with Crippen molar-refractivity contribution in [3.63, 3.8) is 0 Å². The first kappa shape index (κ1) is 11.4. The van der Waals surface area contributed by atoms with Gasteiger partial charge in [-0.1, -0.05) is 0 Å². The van der Waals surface area contributed by atoms with Crippen molar-refractivity contribution in [1.29, 1.82) is 0 Å². The molecule has 2 aliphatic carbocycles. The van der Waals surface area contributed by atoms with E-state index in [0.717, 1.165) is 18.5 Å². The fraction of sp³-hybridized carbons (Fsp3) is 0.538. The normalized spacial score (nSPS) is 20.5. The molecule has 0 heterocycles. The van der Waals surface area contributed by atoms with Gasteiger partial charge in [0.05, 0.1) is 11.0 Å². The van der Waals surface area contributed by atoms with Gasteiger partial charge in [-0.3, -0.25) is 10.1 Å². The van der Waals surface area contributed by atoms with Gasteiger partial charge in [-0.05, 0) is 43.1 Å². The average molecular weight is 250 g/mol. The molecule has 0 unspecified atom stereocenters. The van der Waals surface area contributed by atoms with Gasteiger partial charge in [0, 0.05) is 18.3 Å². The zero-order chi connectivity index (χ0) is 12.8. The van der Waals surface area contributed by atoms with Crippen molar-refractivity contribution < 1.29 is 9.31 Å². The molecule has 0 bridgehead atoms. The number of nitrogens with zero attached hydrogens (tertiary/aromatic N) is 1. The van der Waals surface area contributed by atoms with Crippen LogP contribution in [0.5, 0.6) is 0 Å². The number of benzene rings is 1. The van der Waals surface area contributed by atoms with Gasteiger partial charge >= 0.3 is 0 Å². The van der Waals surface area contributed by atoms with Gasteiger partial charge in [0.2, 0.25) is 0 Å². The fourth-order valence-electron chi connectivity index (χ4n) is 2.65. The maximum atomic E-state index is 13.2. The molecule has 1 N–H and O–H groups in total. The van der Waals surface area contributed by atoms with Crippen LogP contribution in [0.1, 0.15) is 25.7 Å². The number of halogens is 1. The van der Waals surface area contributed by atoms with Crippen molar-refractivity contribution in [1.82, 2.24) is 0 Å². The van der Waals surface area contributed by atoms with Crippen LogP contribution in [0.4, 0.5) is 15.8 Å². The number of non-ortho nitro benzene ring substituents is 1. The predicted octanol–water partition coefficient (Wildman–Crippen LogP) is 3.34. The minimum Gasteiger partial charge on any atom is -0.384 e. The van der Waals surface area contributed by atoms with Crippen molar-refractivity contribution in [2.45, 2.75) is 25.7 Å². The van der Waals surface area contributed by atoms with Crippen LogP contribution < -0.4 is 5.32 Å². The second kappa shape index (κ2) is 3.93. The minimum absolute atomic E-state index is 0.200. The van der Waals surface area contributed by atoms with Gasteiger partial charge < -0.3 is 5.32 Å². The van der Waals surface area contributed by atoms with Crippen molar-refractivity contribution >= 4 is 11.4 Å². The molecule has 5 heteroatoms. The summed E-state index contributed by atoms with van der Waals surface area (Å²) in [4.78, 5) is 10.1. The largest absolute Gasteiger partial charge is 0.384 e. The van der Waals surface area contributed by atoms with Gasteiger partial charge in [0.1, 0.15) is 5.82 Å². The molecule has 0 spiro atoms. The Morgan fingerprint density at radius 2 is 2.11 bits per heavy atom. The van der Waals surface area contributed by atoms with Crippen LogP contribution in [0, 0.1) is 27.3 Å². The third-order valence-electron chi connectivity index (χ3n) is 4.07. The van der Waals surface area contributed by atoms with Crippen LogP contribution >= 0.6 is 0 Å². The highest BCUT2D eigenvalue weighted by Crippen LogP contribution is 2.61. The Kier molecular flexibility index (Phi) is 2.50. The highest BCUT2D eigenvalue weighted by molar-refractivity contribution is 5.51. The zero-order valence-corrected chi connectivity index (χ0v) is 9.99. The van der Waals surface area contributed by atoms with Gasteiger partial charge in [-0.25, -0.2) is 4.39 Å². The lowest BCUT2D eigenvalue weighted by Gasteiger charge is -2.15. The lowest BCUT2D eigenvalue weighted by molar-refractivity contribution is -0.385. The summed E-state index contributed by atoms with van der Waals surface area (Å²) < 4.78 is 13.2. The van der Waals surface area contributed by atoms with Crippen molar-refractivity contribution in [2.24, 2.45) is 11.3 Å². The second-order valence-electron chi connectivity index (χ2n) is 5.45. The molecule has 18 heavy (non-hydrogen) atoms. The number of hydrogen-bond donors (Lipinski definition) is 1. The lowest BCUT2D eigenvalue weighted by atomic mass is 10.0. The molecule has 1 aromatic rings. The molecular weight excluding hydrogens is 235 g/mol. The van der Waals surface area contributed by atoms with E-state index in [2.05, 4.69) is 5.32 Å². The maximum absolute atomic E-state index is 13.2. The highest BCUT2D eigenvalue weighted by Gasteiger charge is 2.53. The smallest absolute Gasteiger partial charge is 0.274 e. The summed E-state index contributed by atoms with van der Waals surface area (Å²) in [7, 11) is 0. The van der Waals surface area contributed by atoms with Gasteiger partial charge in [-0.2, -0.15) is 0 Å². The molecule has 2 fully saturated rings. The van der Waals surface area contributed by atoms with Crippen LogP contribution in [0.25, 0.3) is 0 Å². The van der Waals surface area contributed by atoms with E-state index in [9.17, 15) is 14.5 Å². The number of hydrogen-bond acceptors (Lipinski definition) is 3. The molecule has 2 saturated carbocycles. The van der Waals surface area contributed by atoms with Gasteiger partial charge in [-0.15, -0.1) is 0 Å². The molecule has 0 aliphatic heterocycles. The van der Waals surface area contributed by atoms with Crippen LogP contribution in [0.2, 0.25) is 0 Å². The molecule has 0 saturated heterocycles. The first-order valence-corrected chi connectivity index (χ1v) is 6.28. The minimum atomic E-state index is -0.567. The number of anilines is 1. The molecule has 96 valence electrons. The second-order valence-corrected chi connectivity index (χ2v) is 5.45. The van der Waals surface area contributed by atoms with Crippen LogP contribution in [-0.4, -0.2) is 11.5 Å². The summed E-state index contributed by atoms with van der Waals surface area (Å²) >= 11 is 0. The standard InChI is InChI=1S/C13H15FN2O2/c14-10-5-11(7-12(6-10)16(17)18)15-8-13(3-4-13)9-1-2-9/h5-7,9,15H,1-4,8H2. The van der Waals surface area contributed by atoms with E-state index in [1.165, 1.54) is 37.8 Å². The molecule has 0 aromatic heterocycles. The van der Waals surface area contributed by atoms with E-state index in [1.807, 2.05) is 0 Å². The zero-order valence-electron chi connectivity index (χ0n) is 9.99. The first-order chi connectivity index (χ1) is 8.59. The number of nitro benzene ring substituents is 1. The first-order valence-electron chi connectivity index (χ1n) is 6.28. The van der Waals surface area contributed by atoms with Crippen LogP contribution in [0.15, 0.2) is 18.2 Å². The Labute approximate surface area is 104 Å². The summed E-state index contributed by atoms with van der Waals surface area (Å²) in [6.07, 6.45) is 5.04. The molecule has 1 aromatic carbocycles. The van der Waals surface area contributed by atoms with Crippen LogP contribution in [0.3, 0.4) is 0 Å². The predicted molar refractivity (Wildman–Crippen MR) is 65.9 cm³/mol. The molecule has 0 radical (unpaired) electrons. The molecule has 0 atom stereocenters. The number of nitro groups is 1. The summed E-state index contributed by atoms with van der Waals surface area (Å²) in [6, 6.07) is 3.65. The van der Waals surface area contributed by atoms with Crippen molar-refractivity contribution in [3.05, 3.63) is 34.1 Å². The number of nitrogens with one attached hydrogen (secondary N) is 1. The maximum Gasteiger partial charge on any atom is 0.274 e. The van der Waals surface area contributed by atoms with E-state index in [4.69, 9.17) is 0 Å². The Balaban J connectivity index is 1.70. The fourth-order valence-corrected chi connectivity index (χ4v) is 2.65. The Morgan fingerprint density at radius 1 is 1.39 bits per heavy atom. The van der Waals surface area contributed by atoms with Crippen molar-refractivity contribution in [3.8, 4) is 0 Å².